The van der Waals surface area contributed by atoms with Gasteiger partial charge in [-0.05, 0) is 30.2 Å². The van der Waals surface area contributed by atoms with Crippen LogP contribution in [0.15, 0.2) is 46.7 Å². The Labute approximate surface area is 211 Å². The summed E-state index contributed by atoms with van der Waals surface area (Å²) >= 11 is 13.8. The highest BCUT2D eigenvalue weighted by Gasteiger charge is 2.31. The molecular weight excluding hydrogens is 519 g/mol. The zero-order valence-corrected chi connectivity index (χ0v) is 21.6. The van der Waals surface area contributed by atoms with Gasteiger partial charge in [-0.3, -0.25) is 10.1 Å². The minimum absolute atomic E-state index is 0.0252. The Kier molecular flexibility index (Phi) is 7.16. The summed E-state index contributed by atoms with van der Waals surface area (Å²) in [5, 5.41) is 14.2. The van der Waals surface area contributed by atoms with Gasteiger partial charge in [-0.25, -0.2) is 13.4 Å². The molecule has 3 aromatic rings. The number of hydrogen-bond donors (Lipinski definition) is 0. The average molecular weight is 541 g/mol. The van der Waals surface area contributed by atoms with E-state index >= 15 is 0 Å². The standard InChI is InChI=1S/C22H22Cl2N4O4S2/c1-14-11-21(19(24)12-18(14)23)34(31,32)27-9-7-26(8-10-27)22-25-20(13-33-22)15(2)16-3-5-17(6-4-16)28(29)30/h3-6,11-13,15H,7-10H2,1-2H3. The summed E-state index contributed by atoms with van der Waals surface area (Å²) in [5.41, 5.74) is 2.51. The van der Waals surface area contributed by atoms with E-state index in [4.69, 9.17) is 28.2 Å². The van der Waals surface area contributed by atoms with Crippen molar-refractivity contribution >= 4 is 55.4 Å². The SMILES string of the molecule is Cc1cc(S(=O)(=O)N2CCN(c3nc(C(C)c4ccc([N+](=O)[O-])cc4)cs3)CC2)c(Cl)cc1Cl. The smallest absolute Gasteiger partial charge is 0.269 e. The van der Waals surface area contributed by atoms with Crippen molar-refractivity contribution in [2.45, 2.75) is 24.7 Å². The van der Waals surface area contributed by atoms with E-state index in [1.165, 1.54) is 39.9 Å². The van der Waals surface area contributed by atoms with E-state index in [0.717, 1.165) is 16.4 Å². The molecule has 1 atom stereocenters. The van der Waals surface area contributed by atoms with E-state index in [9.17, 15) is 18.5 Å². The lowest BCUT2D eigenvalue weighted by molar-refractivity contribution is -0.384. The Balaban J connectivity index is 1.44. The summed E-state index contributed by atoms with van der Waals surface area (Å²) in [5.74, 6) is -0.0252. The van der Waals surface area contributed by atoms with Crippen molar-refractivity contribution in [1.82, 2.24) is 9.29 Å². The molecule has 0 amide bonds. The molecule has 8 nitrogen and oxygen atoms in total. The predicted molar refractivity (Wildman–Crippen MR) is 135 cm³/mol. The number of halogens is 2. The Morgan fingerprint density at radius 3 is 2.35 bits per heavy atom. The maximum Gasteiger partial charge on any atom is 0.269 e. The molecule has 34 heavy (non-hydrogen) atoms. The second kappa shape index (κ2) is 9.79. The second-order valence-corrected chi connectivity index (χ2v) is 11.6. The maximum absolute atomic E-state index is 13.2. The Bertz CT molecular complexity index is 1320. The molecule has 0 radical (unpaired) electrons. The number of nitrogens with zero attached hydrogens (tertiary/aromatic N) is 4. The van der Waals surface area contributed by atoms with Gasteiger partial charge in [-0.15, -0.1) is 11.3 Å². The Morgan fingerprint density at radius 2 is 1.74 bits per heavy atom. The fraction of sp³-hybridized carbons (Fsp3) is 0.318. The molecule has 1 fully saturated rings. The first-order valence-electron chi connectivity index (χ1n) is 10.5. The molecule has 1 unspecified atom stereocenters. The van der Waals surface area contributed by atoms with Gasteiger partial charge in [-0.2, -0.15) is 4.31 Å². The average Bonchev–Trinajstić information content (AvgIpc) is 3.31. The molecule has 1 aliphatic heterocycles. The monoisotopic (exact) mass is 540 g/mol. The first-order valence-corrected chi connectivity index (χ1v) is 13.6. The van der Waals surface area contributed by atoms with E-state index in [2.05, 4.69) is 4.90 Å². The van der Waals surface area contributed by atoms with Crippen molar-refractivity contribution in [3.05, 3.63) is 78.8 Å². The molecule has 12 heteroatoms. The van der Waals surface area contributed by atoms with Crippen LogP contribution in [0, 0.1) is 17.0 Å². The number of piperazine rings is 1. The van der Waals surface area contributed by atoms with Crippen LogP contribution >= 0.6 is 34.5 Å². The van der Waals surface area contributed by atoms with Crippen LogP contribution in [0.4, 0.5) is 10.8 Å². The summed E-state index contributed by atoms with van der Waals surface area (Å²) in [6, 6.07) is 9.45. The molecule has 1 aliphatic rings. The molecule has 0 aliphatic carbocycles. The zero-order valence-electron chi connectivity index (χ0n) is 18.4. The van der Waals surface area contributed by atoms with E-state index < -0.39 is 14.9 Å². The molecule has 0 spiro atoms. The largest absolute Gasteiger partial charge is 0.345 e. The number of benzene rings is 2. The van der Waals surface area contributed by atoms with Crippen LogP contribution in [0.2, 0.25) is 10.0 Å². The number of hydrogen-bond acceptors (Lipinski definition) is 7. The minimum atomic E-state index is -3.74. The molecule has 2 aromatic carbocycles. The number of aromatic nitrogens is 1. The van der Waals surface area contributed by atoms with Crippen molar-refractivity contribution in [3.8, 4) is 0 Å². The number of aryl methyl sites for hydroxylation is 1. The van der Waals surface area contributed by atoms with Crippen LogP contribution in [0.1, 0.15) is 29.7 Å². The third-order valence-corrected chi connectivity index (χ3v) is 9.59. The van der Waals surface area contributed by atoms with E-state index in [1.54, 1.807) is 19.1 Å². The predicted octanol–water partition coefficient (Wildman–Crippen LogP) is 5.33. The summed E-state index contributed by atoms with van der Waals surface area (Å²) in [4.78, 5) is 17.3. The van der Waals surface area contributed by atoms with E-state index in [1.807, 2.05) is 12.3 Å². The van der Waals surface area contributed by atoms with Crippen molar-refractivity contribution in [2.24, 2.45) is 0 Å². The summed E-state index contributed by atoms with van der Waals surface area (Å²) in [6.45, 7) is 5.38. The molecule has 1 aromatic heterocycles. The van der Waals surface area contributed by atoms with Gasteiger partial charge in [0, 0.05) is 54.6 Å². The summed E-state index contributed by atoms with van der Waals surface area (Å²) < 4.78 is 27.7. The first-order chi connectivity index (χ1) is 16.1. The molecular formula is C22H22Cl2N4O4S2. The summed E-state index contributed by atoms with van der Waals surface area (Å²) in [7, 11) is -3.74. The number of sulfonamides is 1. The highest BCUT2D eigenvalue weighted by molar-refractivity contribution is 7.89. The van der Waals surface area contributed by atoms with Gasteiger partial charge >= 0.3 is 0 Å². The second-order valence-electron chi connectivity index (χ2n) is 8.05. The highest BCUT2D eigenvalue weighted by Crippen LogP contribution is 2.33. The van der Waals surface area contributed by atoms with Crippen molar-refractivity contribution in [3.63, 3.8) is 0 Å². The molecule has 4 rings (SSSR count). The highest BCUT2D eigenvalue weighted by atomic mass is 35.5. The van der Waals surface area contributed by atoms with Gasteiger partial charge in [-0.1, -0.05) is 42.3 Å². The first kappa shape index (κ1) is 24.9. The van der Waals surface area contributed by atoms with Crippen molar-refractivity contribution in [2.75, 3.05) is 31.1 Å². The van der Waals surface area contributed by atoms with Crippen molar-refractivity contribution < 1.29 is 13.3 Å². The fourth-order valence-corrected chi connectivity index (χ4v) is 6.96. The fourth-order valence-electron chi connectivity index (χ4n) is 3.76. The molecule has 1 saturated heterocycles. The number of anilines is 1. The zero-order chi connectivity index (χ0) is 24.6. The molecule has 2 heterocycles. The van der Waals surface area contributed by atoms with Gasteiger partial charge < -0.3 is 4.90 Å². The number of nitro groups is 1. The Hall–Kier alpha value is -2.24. The number of non-ortho nitro benzene ring substituents is 1. The van der Waals surface area contributed by atoms with Gasteiger partial charge in [0.2, 0.25) is 10.0 Å². The molecule has 180 valence electrons. The van der Waals surface area contributed by atoms with Crippen LogP contribution in [-0.4, -0.2) is 48.8 Å². The minimum Gasteiger partial charge on any atom is -0.345 e. The summed E-state index contributed by atoms with van der Waals surface area (Å²) in [6.07, 6.45) is 0. The van der Waals surface area contributed by atoms with Gasteiger partial charge in [0.25, 0.3) is 5.69 Å². The normalized spacial score (nSPS) is 15.9. The van der Waals surface area contributed by atoms with Crippen LogP contribution in [0.3, 0.4) is 0 Å². The Morgan fingerprint density at radius 1 is 1.09 bits per heavy atom. The van der Waals surface area contributed by atoms with Crippen LogP contribution in [0.5, 0.6) is 0 Å². The number of nitro benzene ring substituents is 1. The van der Waals surface area contributed by atoms with E-state index in [0.29, 0.717) is 36.8 Å². The molecule has 0 saturated carbocycles. The quantitative estimate of drug-likeness (QED) is 0.309. The molecule has 0 bridgehead atoms. The number of rotatable bonds is 6. The van der Waals surface area contributed by atoms with Gasteiger partial charge in [0.15, 0.2) is 5.13 Å². The van der Waals surface area contributed by atoms with Crippen LogP contribution in [0.25, 0.3) is 0 Å². The van der Waals surface area contributed by atoms with Gasteiger partial charge in [0.1, 0.15) is 4.90 Å². The van der Waals surface area contributed by atoms with E-state index in [-0.39, 0.29) is 21.5 Å². The third-order valence-electron chi connectivity index (χ3n) is 5.90. The van der Waals surface area contributed by atoms with Crippen molar-refractivity contribution in [1.29, 1.82) is 0 Å². The topological polar surface area (TPSA) is 96.7 Å². The lowest BCUT2D eigenvalue weighted by atomic mass is 9.98. The number of thiazole rings is 1. The lowest BCUT2D eigenvalue weighted by Gasteiger charge is -2.34. The van der Waals surface area contributed by atoms with Gasteiger partial charge in [0.05, 0.1) is 15.6 Å². The lowest BCUT2D eigenvalue weighted by Crippen LogP contribution is -2.48. The van der Waals surface area contributed by atoms with Crippen LogP contribution < -0.4 is 4.90 Å². The third kappa shape index (κ3) is 4.92. The molecule has 0 N–H and O–H groups in total. The van der Waals surface area contributed by atoms with Crippen LogP contribution in [-0.2, 0) is 10.0 Å². The maximum atomic E-state index is 13.2.